The molecule has 0 aliphatic rings. The highest BCUT2D eigenvalue weighted by molar-refractivity contribution is 6.07. The van der Waals surface area contributed by atoms with Gasteiger partial charge in [0.15, 0.2) is 5.78 Å². The van der Waals surface area contributed by atoms with Gasteiger partial charge >= 0.3 is 0 Å². The maximum atomic E-state index is 13.6. The van der Waals surface area contributed by atoms with E-state index in [1.165, 1.54) is 31.2 Å². The van der Waals surface area contributed by atoms with Crippen LogP contribution in [-0.2, 0) is 0 Å². The number of hydrogen-bond donors (Lipinski definition) is 0. The third kappa shape index (κ3) is 2.39. The predicted octanol–water partition coefficient (Wildman–Crippen LogP) is 5.30. The smallest absolute Gasteiger partial charge is 0.160 e. The Hall–Kier alpha value is -2.55. The first-order valence-corrected chi connectivity index (χ1v) is 6.97. The van der Waals surface area contributed by atoms with E-state index in [0.717, 1.165) is 22.1 Å². The molecule has 0 fully saturated rings. The zero-order chi connectivity index (χ0) is 15.9. The number of fused-ring (bicyclic) bond motifs is 1. The van der Waals surface area contributed by atoms with Gasteiger partial charge in [-0.25, -0.2) is 8.78 Å². The molecule has 110 valence electrons. The van der Waals surface area contributed by atoms with Crippen LogP contribution < -0.4 is 0 Å². The van der Waals surface area contributed by atoms with Gasteiger partial charge in [0.05, 0.1) is 0 Å². The fraction of sp³-hybridized carbons (Fsp3) is 0.105. The number of Topliss-reactive ketones (excluding diaryl/α,β-unsaturated/α-hetero) is 1. The van der Waals surface area contributed by atoms with Crippen molar-refractivity contribution in [3.8, 4) is 11.1 Å². The molecule has 1 nitrogen and oxygen atoms in total. The highest BCUT2D eigenvalue weighted by Crippen LogP contribution is 2.33. The van der Waals surface area contributed by atoms with E-state index >= 15 is 0 Å². The van der Waals surface area contributed by atoms with Gasteiger partial charge in [-0.3, -0.25) is 4.79 Å². The minimum atomic E-state index is -0.346. The van der Waals surface area contributed by atoms with E-state index in [1.807, 2.05) is 6.92 Å². The average molecular weight is 296 g/mol. The van der Waals surface area contributed by atoms with Gasteiger partial charge in [-0.2, -0.15) is 0 Å². The fourth-order valence-corrected chi connectivity index (χ4v) is 2.77. The molecule has 0 atom stereocenters. The highest BCUT2D eigenvalue weighted by atomic mass is 19.1. The van der Waals surface area contributed by atoms with Gasteiger partial charge in [-0.1, -0.05) is 18.2 Å². The zero-order valence-electron chi connectivity index (χ0n) is 12.3. The van der Waals surface area contributed by atoms with Gasteiger partial charge in [0.1, 0.15) is 11.6 Å². The Balaban J connectivity index is 2.40. The van der Waals surface area contributed by atoms with Crippen LogP contribution in [-0.4, -0.2) is 5.78 Å². The molecule has 0 unspecified atom stereocenters. The normalized spacial score (nSPS) is 10.9. The third-order valence-electron chi connectivity index (χ3n) is 3.90. The molecule has 3 aromatic rings. The van der Waals surface area contributed by atoms with Gasteiger partial charge in [0.2, 0.25) is 0 Å². The van der Waals surface area contributed by atoms with Crippen molar-refractivity contribution < 1.29 is 13.6 Å². The second kappa shape index (κ2) is 5.34. The Morgan fingerprint density at radius 3 is 2.14 bits per heavy atom. The summed E-state index contributed by atoms with van der Waals surface area (Å²) in [6, 6.07) is 12.4. The molecule has 0 spiro atoms. The van der Waals surface area contributed by atoms with Gasteiger partial charge in [0.25, 0.3) is 0 Å². The number of rotatable bonds is 2. The number of ketones is 1. The molecule has 3 heteroatoms. The van der Waals surface area contributed by atoms with Gasteiger partial charge in [0, 0.05) is 5.56 Å². The lowest BCUT2D eigenvalue weighted by atomic mass is 9.90. The Morgan fingerprint density at radius 1 is 0.864 bits per heavy atom. The zero-order valence-corrected chi connectivity index (χ0v) is 12.3. The van der Waals surface area contributed by atoms with Crippen molar-refractivity contribution in [2.75, 3.05) is 0 Å². The molecule has 22 heavy (non-hydrogen) atoms. The van der Waals surface area contributed by atoms with E-state index in [2.05, 4.69) is 0 Å². The summed E-state index contributed by atoms with van der Waals surface area (Å²) in [6.45, 7) is 3.30. The standard InChI is InChI=1S/C19H14F2O/c1-11-17(12(2)22)10-19(13-3-5-14(20)6-4-13)16-8-7-15(21)9-18(11)16/h3-10H,1-2H3. The summed E-state index contributed by atoms with van der Waals surface area (Å²) in [5.41, 5.74) is 2.90. The number of hydrogen-bond acceptors (Lipinski definition) is 1. The molecule has 0 aliphatic carbocycles. The van der Waals surface area contributed by atoms with Crippen LogP contribution in [0.25, 0.3) is 21.9 Å². The molecule has 0 heterocycles. The van der Waals surface area contributed by atoms with Crippen LogP contribution in [0.3, 0.4) is 0 Å². The molecule has 3 rings (SSSR count). The molecular formula is C19H14F2O. The Labute approximate surface area is 127 Å². The molecule has 0 saturated heterocycles. The fourth-order valence-electron chi connectivity index (χ4n) is 2.77. The van der Waals surface area contributed by atoms with Crippen LogP contribution in [0, 0.1) is 18.6 Å². The van der Waals surface area contributed by atoms with Crippen molar-refractivity contribution in [1.29, 1.82) is 0 Å². The summed E-state index contributed by atoms with van der Waals surface area (Å²) in [5.74, 6) is -0.744. The van der Waals surface area contributed by atoms with Crippen LogP contribution in [0.2, 0.25) is 0 Å². The molecule has 0 saturated carbocycles. The second-order valence-electron chi connectivity index (χ2n) is 5.35. The van der Waals surface area contributed by atoms with Gasteiger partial charge in [-0.05, 0) is 71.6 Å². The van der Waals surface area contributed by atoms with E-state index in [1.54, 1.807) is 24.3 Å². The van der Waals surface area contributed by atoms with E-state index in [4.69, 9.17) is 0 Å². The van der Waals surface area contributed by atoms with Crippen molar-refractivity contribution in [3.05, 3.63) is 71.3 Å². The average Bonchev–Trinajstić information content (AvgIpc) is 2.49. The Morgan fingerprint density at radius 2 is 1.50 bits per heavy atom. The van der Waals surface area contributed by atoms with Crippen molar-refractivity contribution in [2.45, 2.75) is 13.8 Å². The molecule has 0 amide bonds. The first-order valence-electron chi connectivity index (χ1n) is 6.97. The van der Waals surface area contributed by atoms with Crippen LogP contribution in [0.1, 0.15) is 22.8 Å². The topological polar surface area (TPSA) is 17.1 Å². The maximum Gasteiger partial charge on any atom is 0.160 e. The lowest BCUT2D eigenvalue weighted by Gasteiger charge is -2.13. The summed E-state index contributed by atoms with van der Waals surface area (Å²) in [5, 5.41) is 1.54. The first-order chi connectivity index (χ1) is 10.5. The van der Waals surface area contributed by atoms with Gasteiger partial charge < -0.3 is 0 Å². The monoisotopic (exact) mass is 296 g/mol. The number of carbonyl (C=O) groups is 1. The molecule has 0 aliphatic heterocycles. The predicted molar refractivity (Wildman–Crippen MR) is 84.0 cm³/mol. The van der Waals surface area contributed by atoms with Crippen molar-refractivity contribution in [1.82, 2.24) is 0 Å². The number of carbonyl (C=O) groups excluding carboxylic acids is 1. The Bertz CT molecular complexity index is 880. The molecule has 0 N–H and O–H groups in total. The number of benzene rings is 3. The highest BCUT2D eigenvalue weighted by Gasteiger charge is 2.14. The van der Waals surface area contributed by atoms with Crippen molar-refractivity contribution in [3.63, 3.8) is 0 Å². The van der Waals surface area contributed by atoms with Gasteiger partial charge in [-0.15, -0.1) is 0 Å². The van der Waals surface area contributed by atoms with Crippen LogP contribution in [0.4, 0.5) is 8.78 Å². The second-order valence-corrected chi connectivity index (χ2v) is 5.35. The van der Waals surface area contributed by atoms with Crippen molar-refractivity contribution in [2.24, 2.45) is 0 Å². The molecule has 0 radical (unpaired) electrons. The largest absolute Gasteiger partial charge is 0.295 e. The van der Waals surface area contributed by atoms with E-state index in [0.29, 0.717) is 10.9 Å². The summed E-state index contributed by atoms with van der Waals surface area (Å²) < 4.78 is 26.7. The number of aryl methyl sites for hydroxylation is 1. The summed E-state index contributed by atoms with van der Waals surface area (Å²) in [7, 11) is 0. The third-order valence-corrected chi connectivity index (χ3v) is 3.90. The molecule has 0 aromatic heterocycles. The SMILES string of the molecule is CC(=O)c1cc(-c2ccc(F)cc2)c2ccc(F)cc2c1C. The minimum Gasteiger partial charge on any atom is -0.295 e. The molecular weight excluding hydrogens is 282 g/mol. The Kier molecular flexibility index (Phi) is 3.49. The van der Waals surface area contributed by atoms with Crippen molar-refractivity contribution >= 4 is 16.6 Å². The summed E-state index contributed by atoms with van der Waals surface area (Å²) in [6.07, 6.45) is 0. The van der Waals surface area contributed by atoms with E-state index < -0.39 is 0 Å². The van der Waals surface area contributed by atoms with Crippen LogP contribution in [0.15, 0.2) is 48.5 Å². The molecule has 3 aromatic carbocycles. The lowest BCUT2D eigenvalue weighted by molar-refractivity contribution is 0.101. The van der Waals surface area contributed by atoms with Crippen LogP contribution in [0.5, 0.6) is 0 Å². The van der Waals surface area contributed by atoms with E-state index in [-0.39, 0.29) is 17.4 Å². The summed E-state index contributed by atoms with van der Waals surface area (Å²) in [4.78, 5) is 11.9. The minimum absolute atomic E-state index is 0.0768. The van der Waals surface area contributed by atoms with Crippen LogP contribution >= 0.6 is 0 Å². The first kappa shape index (κ1) is 14.4. The summed E-state index contributed by atoms with van der Waals surface area (Å²) >= 11 is 0. The maximum absolute atomic E-state index is 13.6. The molecule has 0 bridgehead atoms. The number of halogens is 2. The quantitative estimate of drug-likeness (QED) is 0.587. The van der Waals surface area contributed by atoms with E-state index in [9.17, 15) is 13.6 Å². The lowest BCUT2D eigenvalue weighted by Crippen LogP contribution is -1.99.